The van der Waals surface area contributed by atoms with Crippen LogP contribution in [0, 0.1) is 0 Å². The van der Waals surface area contributed by atoms with E-state index in [0.29, 0.717) is 6.54 Å². The van der Waals surface area contributed by atoms with E-state index >= 15 is 0 Å². The van der Waals surface area contributed by atoms with E-state index in [-0.39, 0.29) is 6.61 Å². The van der Waals surface area contributed by atoms with Gasteiger partial charge < -0.3 is 16.2 Å². The normalized spacial score (nSPS) is 17.7. The first-order valence-corrected chi connectivity index (χ1v) is 4.33. The number of rotatable bonds is 2. The summed E-state index contributed by atoms with van der Waals surface area (Å²) in [6.45, 7) is 0.472. The number of aliphatic hydroxyl groups excluding tert-OH is 1. The van der Waals surface area contributed by atoms with Gasteiger partial charge in [0, 0.05) is 12.6 Å². The molecule has 0 amide bonds. The average Bonchev–Trinajstić information content (AvgIpc) is 2.56. The van der Waals surface area contributed by atoms with Gasteiger partial charge in [-0.05, 0) is 19.9 Å². The second kappa shape index (κ2) is 7.98. The van der Waals surface area contributed by atoms with Crippen LogP contribution in [0.3, 0.4) is 0 Å². The number of aliphatic hydroxyl groups is 1. The Bertz CT molecular complexity index is 70.5. The Morgan fingerprint density at radius 3 is 2.09 bits per heavy atom. The van der Waals surface area contributed by atoms with E-state index in [1.54, 1.807) is 0 Å². The molecule has 0 aromatic heterocycles. The lowest BCUT2D eigenvalue weighted by Crippen LogP contribution is -2.20. The largest absolute Gasteiger partial charge is 0.395 e. The summed E-state index contributed by atoms with van der Waals surface area (Å²) >= 11 is 0. The molecule has 0 aromatic rings. The Morgan fingerprint density at radius 1 is 1.45 bits per heavy atom. The minimum atomic E-state index is 0.0972. The Morgan fingerprint density at radius 2 is 1.91 bits per heavy atom. The maximum atomic E-state index is 7.75. The third-order valence-electron chi connectivity index (χ3n) is 1.89. The van der Waals surface area contributed by atoms with Crippen molar-refractivity contribution in [1.29, 1.82) is 0 Å². The van der Waals surface area contributed by atoms with Crippen LogP contribution in [0.2, 0.25) is 0 Å². The zero-order valence-corrected chi connectivity index (χ0v) is 7.34. The van der Waals surface area contributed by atoms with Crippen LogP contribution in [0.25, 0.3) is 0 Å². The summed E-state index contributed by atoms with van der Waals surface area (Å²) < 4.78 is 0. The first-order valence-electron chi connectivity index (χ1n) is 4.33. The monoisotopic (exact) mass is 160 g/mol. The zero-order valence-electron chi connectivity index (χ0n) is 7.34. The molecular weight excluding hydrogens is 140 g/mol. The fraction of sp³-hybridized carbons (Fsp3) is 1.00. The van der Waals surface area contributed by atoms with Crippen molar-refractivity contribution in [3.05, 3.63) is 0 Å². The van der Waals surface area contributed by atoms with Crippen molar-refractivity contribution in [2.45, 2.75) is 31.7 Å². The first-order chi connectivity index (χ1) is 5.35. The van der Waals surface area contributed by atoms with Crippen LogP contribution in [0.1, 0.15) is 25.7 Å². The van der Waals surface area contributed by atoms with Crippen molar-refractivity contribution < 1.29 is 5.11 Å². The highest BCUT2D eigenvalue weighted by Gasteiger charge is 2.10. The molecule has 1 fully saturated rings. The summed E-state index contributed by atoms with van der Waals surface area (Å²) in [5.41, 5.74) is 4.78. The fourth-order valence-corrected chi connectivity index (χ4v) is 1.21. The predicted octanol–water partition coefficient (Wildman–Crippen LogP) is 0.0858. The van der Waals surface area contributed by atoms with Crippen LogP contribution in [-0.4, -0.2) is 31.3 Å². The van der Waals surface area contributed by atoms with Gasteiger partial charge in [0.1, 0.15) is 0 Å². The molecule has 1 aliphatic rings. The number of hydrogen-bond acceptors (Lipinski definition) is 3. The van der Waals surface area contributed by atoms with Crippen LogP contribution in [0.4, 0.5) is 0 Å². The molecule has 68 valence electrons. The van der Waals surface area contributed by atoms with Crippen LogP contribution in [-0.2, 0) is 0 Å². The molecular formula is C8H20N2O. The summed E-state index contributed by atoms with van der Waals surface area (Å²) in [5, 5.41) is 11.0. The smallest absolute Gasteiger partial charge is 0.0553 e. The summed E-state index contributed by atoms with van der Waals surface area (Å²) in [7, 11) is 2.05. The molecule has 11 heavy (non-hydrogen) atoms. The van der Waals surface area contributed by atoms with Crippen LogP contribution < -0.4 is 11.1 Å². The van der Waals surface area contributed by atoms with E-state index in [4.69, 9.17) is 10.8 Å². The number of nitrogens with one attached hydrogen (secondary N) is 1. The Labute approximate surface area is 69.0 Å². The van der Waals surface area contributed by atoms with E-state index in [1.807, 2.05) is 0 Å². The predicted molar refractivity (Wildman–Crippen MR) is 47.5 cm³/mol. The maximum absolute atomic E-state index is 7.75. The van der Waals surface area contributed by atoms with E-state index in [1.165, 1.54) is 25.7 Å². The highest BCUT2D eigenvalue weighted by molar-refractivity contribution is 4.70. The van der Waals surface area contributed by atoms with Gasteiger partial charge in [-0.25, -0.2) is 0 Å². The second-order valence-corrected chi connectivity index (χ2v) is 2.78. The van der Waals surface area contributed by atoms with Crippen molar-refractivity contribution in [1.82, 2.24) is 5.32 Å². The second-order valence-electron chi connectivity index (χ2n) is 2.78. The minimum Gasteiger partial charge on any atom is -0.395 e. The Hall–Kier alpha value is -0.120. The molecule has 0 unspecified atom stereocenters. The summed E-state index contributed by atoms with van der Waals surface area (Å²) in [6.07, 6.45) is 5.67. The van der Waals surface area contributed by atoms with Gasteiger partial charge in [-0.15, -0.1) is 0 Å². The van der Waals surface area contributed by atoms with Gasteiger partial charge >= 0.3 is 0 Å². The molecule has 0 aromatic carbocycles. The molecule has 4 N–H and O–H groups in total. The van der Waals surface area contributed by atoms with Crippen LogP contribution >= 0.6 is 0 Å². The van der Waals surface area contributed by atoms with Crippen LogP contribution in [0.5, 0.6) is 0 Å². The minimum absolute atomic E-state index is 0.0972. The van der Waals surface area contributed by atoms with Gasteiger partial charge in [-0.1, -0.05) is 12.8 Å². The van der Waals surface area contributed by atoms with Crippen molar-refractivity contribution in [3.8, 4) is 0 Å². The average molecular weight is 160 g/mol. The molecule has 1 aliphatic carbocycles. The summed E-state index contributed by atoms with van der Waals surface area (Å²) in [5.74, 6) is 0. The highest BCUT2D eigenvalue weighted by atomic mass is 16.3. The molecule has 0 atom stereocenters. The Kier molecular flexibility index (Phi) is 7.89. The van der Waals surface area contributed by atoms with E-state index < -0.39 is 0 Å². The third-order valence-corrected chi connectivity index (χ3v) is 1.89. The van der Waals surface area contributed by atoms with Gasteiger partial charge in [0.15, 0.2) is 0 Å². The molecule has 0 aliphatic heterocycles. The van der Waals surface area contributed by atoms with Crippen molar-refractivity contribution in [2.24, 2.45) is 5.73 Å². The lowest BCUT2D eigenvalue weighted by molar-refractivity contribution is 0.306. The van der Waals surface area contributed by atoms with Crippen molar-refractivity contribution in [2.75, 3.05) is 20.2 Å². The summed E-state index contributed by atoms with van der Waals surface area (Å²) in [6, 6.07) is 0.847. The van der Waals surface area contributed by atoms with Crippen molar-refractivity contribution >= 4 is 0 Å². The van der Waals surface area contributed by atoms with E-state index in [9.17, 15) is 0 Å². The molecule has 1 rings (SSSR count). The van der Waals surface area contributed by atoms with Crippen LogP contribution in [0.15, 0.2) is 0 Å². The topological polar surface area (TPSA) is 58.3 Å². The number of hydrogen-bond donors (Lipinski definition) is 3. The number of nitrogens with two attached hydrogens (primary N) is 1. The lowest BCUT2D eigenvalue weighted by Gasteiger charge is -2.03. The lowest BCUT2D eigenvalue weighted by atomic mass is 10.3. The molecule has 3 heteroatoms. The van der Waals surface area contributed by atoms with Gasteiger partial charge in [0.25, 0.3) is 0 Å². The highest BCUT2D eigenvalue weighted by Crippen LogP contribution is 2.16. The standard InChI is InChI=1S/C6H13N.C2H7NO/c1-7-6-4-2-3-5-6;3-1-2-4/h6-7H,2-5H2,1H3;4H,1-3H2. The first kappa shape index (κ1) is 10.9. The third kappa shape index (κ3) is 6.28. The molecule has 0 saturated heterocycles. The molecule has 0 bridgehead atoms. The van der Waals surface area contributed by atoms with E-state index in [2.05, 4.69) is 12.4 Å². The molecule has 0 radical (unpaired) electrons. The Balaban J connectivity index is 0.000000218. The zero-order chi connectivity index (χ0) is 8.53. The molecule has 3 nitrogen and oxygen atoms in total. The molecule has 0 spiro atoms. The fourth-order valence-electron chi connectivity index (χ4n) is 1.21. The van der Waals surface area contributed by atoms with Crippen molar-refractivity contribution in [3.63, 3.8) is 0 Å². The van der Waals surface area contributed by atoms with Gasteiger partial charge in [-0.2, -0.15) is 0 Å². The van der Waals surface area contributed by atoms with Gasteiger partial charge in [0.05, 0.1) is 6.61 Å². The van der Waals surface area contributed by atoms with Gasteiger partial charge in [0.2, 0.25) is 0 Å². The van der Waals surface area contributed by atoms with E-state index in [0.717, 1.165) is 6.04 Å². The molecule has 1 saturated carbocycles. The quantitative estimate of drug-likeness (QED) is 0.536. The molecule has 0 heterocycles. The summed E-state index contributed by atoms with van der Waals surface area (Å²) in [4.78, 5) is 0. The van der Waals surface area contributed by atoms with Gasteiger partial charge in [-0.3, -0.25) is 0 Å². The SMILES string of the molecule is CNC1CCCC1.NCCO. The maximum Gasteiger partial charge on any atom is 0.0553 e.